The van der Waals surface area contributed by atoms with Crippen molar-refractivity contribution < 1.29 is 9.21 Å². The second-order valence-corrected chi connectivity index (χ2v) is 8.16. The number of aryl methyl sites for hydroxylation is 2. The molecule has 0 radical (unpaired) electrons. The van der Waals surface area contributed by atoms with E-state index in [0.29, 0.717) is 35.5 Å². The molecular weight excluding hydrogens is 402 g/mol. The van der Waals surface area contributed by atoms with Gasteiger partial charge in [-0.2, -0.15) is 5.10 Å². The van der Waals surface area contributed by atoms with Crippen LogP contribution in [0.5, 0.6) is 0 Å². The molecule has 1 amide bonds. The summed E-state index contributed by atoms with van der Waals surface area (Å²) in [5.41, 5.74) is 4.52. The van der Waals surface area contributed by atoms with Crippen molar-refractivity contribution in [3.63, 3.8) is 0 Å². The molecule has 32 heavy (non-hydrogen) atoms. The second-order valence-electron chi connectivity index (χ2n) is 8.16. The quantitative estimate of drug-likeness (QED) is 0.419. The van der Waals surface area contributed by atoms with E-state index < -0.39 is 0 Å². The number of benzene rings is 2. The Hall–Kier alpha value is -3.74. The third-order valence-electron chi connectivity index (χ3n) is 5.60. The lowest BCUT2D eigenvalue weighted by molar-refractivity contribution is 0.0953. The van der Waals surface area contributed by atoms with Gasteiger partial charge in [0, 0.05) is 30.6 Å². The molecule has 0 unspecified atom stereocenters. The van der Waals surface area contributed by atoms with Crippen molar-refractivity contribution in [2.75, 3.05) is 6.54 Å². The highest BCUT2D eigenvalue weighted by molar-refractivity contribution is 5.94. The fourth-order valence-corrected chi connectivity index (χ4v) is 3.80. The predicted octanol–water partition coefficient (Wildman–Crippen LogP) is 4.47. The van der Waals surface area contributed by atoms with Crippen LogP contribution in [0.25, 0.3) is 17.3 Å². The van der Waals surface area contributed by atoms with Crippen LogP contribution in [0, 0.1) is 6.92 Å². The lowest BCUT2D eigenvalue weighted by Crippen LogP contribution is -2.25. The molecule has 162 valence electrons. The summed E-state index contributed by atoms with van der Waals surface area (Å²) in [7, 11) is 0. The SMILES string of the molecule is Cc1nnc(-c2cc(C3CC3)n(-c3cccc(C(=O)NCCCc4ccccc4)c3)n2)o1. The number of hydrogen-bond acceptors (Lipinski definition) is 5. The molecule has 2 aromatic heterocycles. The summed E-state index contributed by atoms with van der Waals surface area (Å²) in [6.07, 6.45) is 4.11. The monoisotopic (exact) mass is 427 g/mol. The number of aromatic nitrogens is 4. The molecule has 4 aromatic rings. The van der Waals surface area contributed by atoms with Crippen LogP contribution >= 0.6 is 0 Å². The first-order chi connectivity index (χ1) is 15.7. The van der Waals surface area contributed by atoms with E-state index in [9.17, 15) is 4.79 Å². The molecular formula is C25H25N5O2. The molecule has 1 aliphatic carbocycles. The van der Waals surface area contributed by atoms with Crippen LogP contribution in [0.3, 0.4) is 0 Å². The van der Waals surface area contributed by atoms with Crippen molar-refractivity contribution in [3.05, 3.63) is 83.4 Å². The smallest absolute Gasteiger partial charge is 0.268 e. The van der Waals surface area contributed by atoms with E-state index in [0.717, 1.165) is 37.1 Å². The summed E-state index contributed by atoms with van der Waals surface area (Å²) in [4.78, 5) is 12.7. The minimum Gasteiger partial charge on any atom is -0.420 e. The van der Waals surface area contributed by atoms with E-state index in [1.54, 1.807) is 6.92 Å². The molecule has 0 bridgehead atoms. The summed E-state index contributed by atoms with van der Waals surface area (Å²) in [6.45, 7) is 2.39. The molecule has 7 nitrogen and oxygen atoms in total. The standard InChI is InChI=1S/C25H25N5O2/c1-17-27-28-25(32-17)22-16-23(19-12-13-19)30(29-22)21-11-5-10-20(15-21)24(31)26-14-6-9-18-7-3-2-4-8-18/h2-5,7-8,10-11,15-16,19H,6,9,12-14H2,1H3,(H,26,31). The zero-order valence-corrected chi connectivity index (χ0v) is 18.0. The second kappa shape index (κ2) is 8.78. The van der Waals surface area contributed by atoms with E-state index in [1.165, 1.54) is 5.56 Å². The van der Waals surface area contributed by atoms with E-state index in [2.05, 4.69) is 27.6 Å². The average molecular weight is 428 g/mol. The van der Waals surface area contributed by atoms with Gasteiger partial charge in [-0.25, -0.2) is 4.68 Å². The van der Waals surface area contributed by atoms with Crippen molar-refractivity contribution in [1.29, 1.82) is 0 Å². The highest BCUT2D eigenvalue weighted by Gasteiger charge is 2.30. The van der Waals surface area contributed by atoms with Gasteiger partial charge in [0.1, 0.15) is 5.69 Å². The van der Waals surface area contributed by atoms with Crippen LogP contribution in [-0.4, -0.2) is 32.4 Å². The van der Waals surface area contributed by atoms with Crippen molar-refractivity contribution >= 4 is 5.91 Å². The number of carbonyl (C=O) groups excluding carboxylic acids is 1. The van der Waals surface area contributed by atoms with Gasteiger partial charge in [0.2, 0.25) is 5.89 Å². The van der Waals surface area contributed by atoms with Gasteiger partial charge >= 0.3 is 0 Å². The van der Waals surface area contributed by atoms with Crippen LogP contribution in [-0.2, 0) is 6.42 Å². The summed E-state index contributed by atoms with van der Waals surface area (Å²) < 4.78 is 7.46. The minimum absolute atomic E-state index is 0.0761. The van der Waals surface area contributed by atoms with Gasteiger partial charge in [0.25, 0.3) is 11.8 Å². The Morgan fingerprint density at radius 1 is 1.09 bits per heavy atom. The zero-order chi connectivity index (χ0) is 21.9. The number of carbonyl (C=O) groups is 1. The van der Waals surface area contributed by atoms with Crippen LogP contribution in [0.1, 0.15) is 52.7 Å². The fraction of sp³-hybridized carbons (Fsp3) is 0.280. The van der Waals surface area contributed by atoms with E-state index >= 15 is 0 Å². The highest BCUT2D eigenvalue weighted by atomic mass is 16.4. The summed E-state index contributed by atoms with van der Waals surface area (Å²) in [6, 6.07) is 19.9. The first-order valence-electron chi connectivity index (χ1n) is 11.0. The maximum absolute atomic E-state index is 12.7. The van der Waals surface area contributed by atoms with Gasteiger partial charge in [-0.3, -0.25) is 4.79 Å². The number of amides is 1. The molecule has 0 aliphatic heterocycles. The normalized spacial score (nSPS) is 13.3. The molecule has 1 fully saturated rings. The topological polar surface area (TPSA) is 85.8 Å². The molecule has 0 spiro atoms. The molecule has 1 N–H and O–H groups in total. The van der Waals surface area contributed by atoms with Gasteiger partial charge < -0.3 is 9.73 Å². The van der Waals surface area contributed by atoms with Crippen LogP contribution < -0.4 is 5.32 Å². The molecule has 1 aliphatic rings. The number of hydrogen-bond donors (Lipinski definition) is 1. The zero-order valence-electron chi connectivity index (χ0n) is 18.0. The lowest BCUT2D eigenvalue weighted by atomic mass is 10.1. The van der Waals surface area contributed by atoms with Crippen molar-refractivity contribution in [2.45, 2.75) is 38.5 Å². The predicted molar refractivity (Wildman–Crippen MR) is 121 cm³/mol. The highest BCUT2D eigenvalue weighted by Crippen LogP contribution is 2.42. The Morgan fingerprint density at radius 3 is 2.69 bits per heavy atom. The van der Waals surface area contributed by atoms with Crippen molar-refractivity contribution in [3.8, 4) is 17.3 Å². The molecule has 7 heteroatoms. The Kier molecular flexibility index (Phi) is 5.54. The van der Waals surface area contributed by atoms with Crippen LogP contribution in [0.4, 0.5) is 0 Å². The molecule has 1 saturated carbocycles. The number of nitrogens with zero attached hydrogens (tertiary/aromatic N) is 4. The third-order valence-corrected chi connectivity index (χ3v) is 5.60. The maximum Gasteiger partial charge on any atom is 0.268 e. The van der Waals surface area contributed by atoms with Crippen molar-refractivity contribution in [1.82, 2.24) is 25.3 Å². The summed E-state index contributed by atoms with van der Waals surface area (Å²) in [5, 5.41) is 15.8. The Bertz CT molecular complexity index is 1220. The van der Waals surface area contributed by atoms with Gasteiger partial charge in [0.15, 0.2) is 0 Å². The Morgan fingerprint density at radius 2 is 1.94 bits per heavy atom. The average Bonchev–Trinajstić information content (AvgIpc) is 3.42. The molecule has 2 heterocycles. The number of nitrogens with one attached hydrogen (secondary N) is 1. The van der Waals surface area contributed by atoms with Gasteiger partial charge in [-0.1, -0.05) is 36.4 Å². The van der Waals surface area contributed by atoms with E-state index in [1.807, 2.05) is 53.2 Å². The molecule has 0 saturated heterocycles. The lowest BCUT2D eigenvalue weighted by Gasteiger charge is -2.09. The fourth-order valence-electron chi connectivity index (χ4n) is 3.80. The van der Waals surface area contributed by atoms with Crippen LogP contribution in [0.2, 0.25) is 0 Å². The van der Waals surface area contributed by atoms with E-state index in [-0.39, 0.29) is 5.91 Å². The van der Waals surface area contributed by atoms with Gasteiger partial charge in [-0.05, 0) is 55.5 Å². The minimum atomic E-state index is -0.0761. The first-order valence-corrected chi connectivity index (χ1v) is 11.0. The largest absolute Gasteiger partial charge is 0.420 e. The van der Waals surface area contributed by atoms with Gasteiger partial charge in [0.05, 0.1) is 5.69 Å². The molecule has 0 atom stereocenters. The van der Waals surface area contributed by atoms with Crippen LogP contribution in [0.15, 0.2) is 65.1 Å². The first kappa shape index (κ1) is 20.2. The maximum atomic E-state index is 12.7. The van der Waals surface area contributed by atoms with Gasteiger partial charge in [-0.15, -0.1) is 10.2 Å². The Balaban J connectivity index is 1.30. The van der Waals surface area contributed by atoms with Crippen molar-refractivity contribution in [2.24, 2.45) is 0 Å². The Labute approximate surface area is 186 Å². The summed E-state index contributed by atoms with van der Waals surface area (Å²) in [5.74, 6) is 1.31. The van der Waals surface area contributed by atoms with E-state index in [4.69, 9.17) is 9.52 Å². The molecule has 5 rings (SSSR count). The molecule has 2 aromatic carbocycles. The number of rotatable bonds is 8. The summed E-state index contributed by atoms with van der Waals surface area (Å²) >= 11 is 0. The third kappa shape index (κ3) is 4.46.